The predicted octanol–water partition coefficient (Wildman–Crippen LogP) is 3.19. The summed E-state index contributed by atoms with van der Waals surface area (Å²) < 4.78 is 5.35. The summed E-state index contributed by atoms with van der Waals surface area (Å²) in [7, 11) is 0. The van der Waals surface area contributed by atoms with Gasteiger partial charge in [0.25, 0.3) is 0 Å². The molecule has 1 heterocycles. The van der Waals surface area contributed by atoms with Gasteiger partial charge >= 0.3 is 0 Å². The van der Waals surface area contributed by atoms with E-state index >= 15 is 0 Å². The van der Waals surface area contributed by atoms with E-state index in [4.69, 9.17) is 4.42 Å². The number of rotatable bonds is 4. The molecule has 1 rings (SSSR count). The highest BCUT2D eigenvalue weighted by Gasteiger charge is 2.32. The summed E-state index contributed by atoms with van der Waals surface area (Å²) in [5.41, 5.74) is -0.451. The highest BCUT2D eigenvalue weighted by atomic mass is 16.3. The number of ketones is 1. The standard InChI is InChI=1S/C15H25NO2/c1-14(2,3)13(17)12(16-15(4,5)6)10-11-8-7-9-18-11/h7-9,12,16H,10H2,1-6H3/t12-/m0/s1. The molecule has 18 heavy (non-hydrogen) atoms. The third kappa shape index (κ3) is 4.65. The predicted molar refractivity (Wildman–Crippen MR) is 73.6 cm³/mol. The molecule has 1 N–H and O–H groups in total. The lowest BCUT2D eigenvalue weighted by Crippen LogP contribution is -2.51. The fourth-order valence-electron chi connectivity index (χ4n) is 1.88. The molecule has 0 bridgehead atoms. The lowest BCUT2D eigenvalue weighted by atomic mass is 9.84. The number of hydrogen-bond donors (Lipinski definition) is 1. The highest BCUT2D eigenvalue weighted by Crippen LogP contribution is 2.20. The zero-order valence-corrected chi connectivity index (χ0v) is 12.3. The van der Waals surface area contributed by atoms with Gasteiger partial charge in [0.2, 0.25) is 0 Å². The van der Waals surface area contributed by atoms with Gasteiger partial charge in [0.1, 0.15) is 5.76 Å². The summed E-state index contributed by atoms with van der Waals surface area (Å²) in [6, 6.07) is 3.55. The Morgan fingerprint density at radius 2 is 1.89 bits per heavy atom. The quantitative estimate of drug-likeness (QED) is 0.893. The largest absolute Gasteiger partial charge is 0.469 e. The molecule has 3 heteroatoms. The molecule has 1 atom stereocenters. The van der Waals surface area contributed by atoms with E-state index in [1.54, 1.807) is 6.26 Å². The Hall–Kier alpha value is -1.09. The second-order valence-corrected chi connectivity index (χ2v) is 6.84. The van der Waals surface area contributed by atoms with Crippen LogP contribution in [0, 0.1) is 5.41 Å². The van der Waals surface area contributed by atoms with Gasteiger partial charge in [-0.25, -0.2) is 0 Å². The van der Waals surface area contributed by atoms with Crippen LogP contribution < -0.4 is 5.32 Å². The van der Waals surface area contributed by atoms with Crippen LogP contribution in [0.3, 0.4) is 0 Å². The van der Waals surface area contributed by atoms with Crippen LogP contribution in [0.4, 0.5) is 0 Å². The van der Waals surface area contributed by atoms with Crippen molar-refractivity contribution in [1.82, 2.24) is 5.32 Å². The van der Waals surface area contributed by atoms with E-state index < -0.39 is 0 Å². The Morgan fingerprint density at radius 3 is 2.28 bits per heavy atom. The molecule has 0 unspecified atom stereocenters. The highest BCUT2D eigenvalue weighted by molar-refractivity contribution is 5.89. The second-order valence-electron chi connectivity index (χ2n) is 6.84. The van der Waals surface area contributed by atoms with Crippen LogP contribution in [0.2, 0.25) is 0 Å². The fourth-order valence-corrected chi connectivity index (χ4v) is 1.88. The van der Waals surface area contributed by atoms with Crippen LogP contribution >= 0.6 is 0 Å². The van der Waals surface area contributed by atoms with Crippen molar-refractivity contribution in [1.29, 1.82) is 0 Å². The zero-order chi connectivity index (χ0) is 14.0. The van der Waals surface area contributed by atoms with Crippen LogP contribution in [0.1, 0.15) is 47.3 Å². The number of nitrogens with one attached hydrogen (secondary N) is 1. The van der Waals surface area contributed by atoms with Gasteiger partial charge in [-0.2, -0.15) is 0 Å². The van der Waals surface area contributed by atoms with E-state index in [9.17, 15) is 4.79 Å². The summed E-state index contributed by atoms with van der Waals surface area (Å²) in [6.07, 6.45) is 2.24. The first kappa shape index (κ1) is 15.0. The molecule has 0 aliphatic rings. The molecule has 0 fully saturated rings. The van der Waals surface area contributed by atoms with Crippen molar-refractivity contribution in [2.75, 3.05) is 0 Å². The van der Waals surface area contributed by atoms with Crippen molar-refractivity contribution in [2.24, 2.45) is 5.41 Å². The third-order valence-corrected chi connectivity index (χ3v) is 2.65. The molecule has 0 saturated carbocycles. The number of carbonyl (C=O) groups excluding carboxylic acids is 1. The first-order valence-electron chi connectivity index (χ1n) is 6.44. The van der Waals surface area contributed by atoms with Crippen LogP contribution in [-0.2, 0) is 11.2 Å². The maximum Gasteiger partial charge on any atom is 0.155 e. The Kier molecular flexibility index (Phi) is 4.38. The van der Waals surface area contributed by atoms with Crippen molar-refractivity contribution < 1.29 is 9.21 Å². The molecule has 102 valence electrons. The van der Waals surface area contributed by atoms with Gasteiger partial charge in [-0.15, -0.1) is 0 Å². The third-order valence-electron chi connectivity index (χ3n) is 2.65. The summed E-state index contributed by atoms with van der Waals surface area (Å²) in [4.78, 5) is 12.5. The monoisotopic (exact) mass is 251 g/mol. The molecule has 0 saturated heterocycles. The van der Waals surface area contributed by atoms with Crippen LogP contribution in [0.5, 0.6) is 0 Å². The maximum absolute atomic E-state index is 12.5. The maximum atomic E-state index is 12.5. The minimum Gasteiger partial charge on any atom is -0.469 e. The first-order valence-corrected chi connectivity index (χ1v) is 6.44. The topological polar surface area (TPSA) is 42.2 Å². The number of carbonyl (C=O) groups is 1. The number of hydrogen-bond acceptors (Lipinski definition) is 3. The minimum absolute atomic E-state index is 0.0990. The normalized spacial score (nSPS) is 14.6. The van der Waals surface area contributed by atoms with Gasteiger partial charge in [-0.05, 0) is 32.9 Å². The molecule has 3 nitrogen and oxygen atoms in total. The molecular weight excluding hydrogens is 226 g/mol. The number of Topliss-reactive ketones (excluding diaryl/α,β-unsaturated/α-hetero) is 1. The zero-order valence-electron chi connectivity index (χ0n) is 12.3. The fraction of sp³-hybridized carbons (Fsp3) is 0.667. The van der Waals surface area contributed by atoms with Crippen molar-refractivity contribution in [2.45, 2.75) is 59.5 Å². The summed E-state index contributed by atoms with van der Waals surface area (Å²) in [5.74, 6) is 1.06. The lowest BCUT2D eigenvalue weighted by molar-refractivity contribution is -0.129. The van der Waals surface area contributed by atoms with Gasteiger partial charge in [-0.1, -0.05) is 20.8 Å². The van der Waals surface area contributed by atoms with Gasteiger partial charge < -0.3 is 9.73 Å². The summed E-state index contributed by atoms with van der Waals surface area (Å²) in [5, 5.41) is 3.39. The van der Waals surface area contributed by atoms with Crippen LogP contribution in [0.15, 0.2) is 22.8 Å². The summed E-state index contributed by atoms with van der Waals surface area (Å²) in [6.45, 7) is 12.1. The smallest absolute Gasteiger partial charge is 0.155 e. The SMILES string of the molecule is CC(C)(C)N[C@@H](Cc1ccco1)C(=O)C(C)(C)C. The Labute approximate surface area is 110 Å². The average molecular weight is 251 g/mol. The minimum atomic E-state index is -0.352. The van der Waals surface area contributed by atoms with E-state index in [-0.39, 0.29) is 22.8 Å². The van der Waals surface area contributed by atoms with Gasteiger partial charge in [0, 0.05) is 17.4 Å². The molecule has 1 aromatic rings. The average Bonchev–Trinajstić information content (AvgIpc) is 2.64. The molecule has 0 aliphatic heterocycles. The molecular formula is C15H25NO2. The van der Waals surface area contributed by atoms with Gasteiger partial charge in [-0.3, -0.25) is 4.79 Å². The van der Waals surface area contributed by atoms with Crippen molar-refractivity contribution in [3.8, 4) is 0 Å². The molecule has 1 aromatic heterocycles. The van der Waals surface area contributed by atoms with Crippen molar-refractivity contribution >= 4 is 5.78 Å². The van der Waals surface area contributed by atoms with E-state index in [1.165, 1.54) is 0 Å². The molecule has 0 radical (unpaired) electrons. The molecule has 0 aromatic carbocycles. The van der Waals surface area contributed by atoms with Crippen LogP contribution in [-0.4, -0.2) is 17.4 Å². The van der Waals surface area contributed by atoms with Gasteiger partial charge in [0.15, 0.2) is 5.78 Å². The van der Waals surface area contributed by atoms with E-state index in [0.29, 0.717) is 6.42 Å². The molecule has 0 amide bonds. The van der Waals surface area contributed by atoms with Crippen LogP contribution in [0.25, 0.3) is 0 Å². The Balaban J connectivity index is 2.85. The Morgan fingerprint density at radius 1 is 1.28 bits per heavy atom. The lowest BCUT2D eigenvalue weighted by Gasteiger charge is -2.31. The second kappa shape index (κ2) is 5.27. The van der Waals surface area contributed by atoms with E-state index in [1.807, 2.05) is 32.9 Å². The van der Waals surface area contributed by atoms with Gasteiger partial charge in [0.05, 0.1) is 12.3 Å². The summed E-state index contributed by atoms with van der Waals surface area (Å²) >= 11 is 0. The Bertz CT molecular complexity index is 380. The van der Waals surface area contributed by atoms with Crippen molar-refractivity contribution in [3.05, 3.63) is 24.2 Å². The molecule has 0 aliphatic carbocycles. The first-order chi connectivity index (χ1) is 8.09. The van der Waals surface area contributed by atoms with E-state index in [0.717, 1.165) is 5.76 Å². The van der Waals surface area contributed by atoms with Crippen molar-refractivity contribution in [3.63, 3.8) is 0 Å². The number of furan rings is 1. The van der Waals surface area contributed by atoms with E-state index in [2.05, 4.69) is 26.1 Å². The molecule has 0 spiro atoms.